The normalized spacial score (nSPS) is 27.5. The highest BCUT2D eigenvalue weighted by Gasteiger charge is 2.48. The Bertz CT molecular complexity index is 1240. The second-order valence-corrected chi connectivity index (χ2v) is 9.77. The van der Waals surface area contributed by atoms with Crippen molar-refractivity contribution < 1.29 is 9.59 Å². The molecule has 1 fully saturated rings. The minimum atomic E-state index is 0.0329. The molecule has 6 rings (SSSR count). The van der Waals surface area contributed by atoms with E-state index in [1.165, 1.54) is 27.9 Å². The molecule has 0 saturated heterocycles. The van der Waals surface area contributed by atoms with Crippen LogP contribution in [0.1, 0.15) is 58.3 Å². The van der Waals surface area contributed by atoms with Crippen molar-refractivity contribution in [2.75, 3.05) is 4.90 Å². The van der Waals surface area contributed by atoms with Gasteiger partial charge in [0.1, 0.15) is 5.78 Å². The van der Waals surface area contributed by atoms with Gasteiger partial charge in [-0.25, -0.2) is 0 Å². The van der Waals surface area contributed by atoms with Crippen molar-refractivity contribution in [3.8, 4) is 11.1 Å². The van der Waals surface area contributed by atoms with E-state index in [2.05, 4.69) is 79.6 Å². The van der Waals surface area contributed by atoms with Gasteiger partial charge in [-0.1, -0.05) is 55.5 Å². The van der Waals surface area contributed by atoms with E-state index in [1.54, 1.807) is 0 Å². The van der Waals surface area contributed by atoms with Crippen LogP contribution in [-0.4, -0.2) is 23.8 Å². The van der Waals surface area contributed by atoms with Crippen LogP contribution < -0.4 is 10.2 Å². The summed E-state index contributed by atoms with van der Waals surface area (Å²) in [7, 11) is 0. The Hall–Kier alpha value is -3.14. The number of hydrogen-bond acceptors (Lipinski definition) is 3. The highest BCUT2D eigenvalue weighted by atomic mass is 16.2. The third kappa shape index (κ3) is 2.55. The van der Waals surface area contributed by atoms with Crippen LogP contribution in [0.15, 0.2) is 48.6 Å². The lowest BCUT2D eigenvalue weighted by molar-refractivity contribution is -0.120. The molecule has 4 heteroatoms. The number of carbonyl (C=O) groups excluding carboxylic acids is 2. The summed E-state index contributed by atoms with van der Waals surface area (Å²) in [5, 5.41) is 3.11. The van der Waals surface area contributed by atoms with Crippen molar-refractivity contribution in [1.29, 1.82) is 0 Å². The van der Waals surface area contributed by atoms with Gasteiger partial charge in [0.15, 0.2) is 0 Å². The maximum absolute atomic E-state index is 13.2. The fourth-order valence-corrected chi connectivity index (χ4v) is 6.49. The lowest BCUT2D eigenvalue weighted by Gasteiger charge is -2.35. The third-order valence-electron chi connectivity index (χ3n) is 7.95. The van der Waals surface area contributed by atoms with E-state index in [0.29, 0.717) is 18.7 Å². The molecule has 32 heavy (non-hydrogen) atoms. The van der Waals surface area contributed by atoms with Gasteiger partial charge in [0.2, 0.25) is 0 Å². The van der Waals surface area contributed by atoms with Crippen LogP contribution in [0.25, 0.3) is 11.1 Å². The summed E-state index contributed by atoms with van der Waals surface area (Å²) in [5.41, 5.74) is 9.14. The number of hydrogen-bond donors (Lipinski definition) is 1. The molecule has 0 spiro atoms. The molecule has 1 amide bonds. The number of aryl methyl sites for hydroxylation is 1. The molecule has 2 aromatic rings. The first-order valence-electron chi connectivity index (χ1n) is 11.7. The van der Waals surface area contributed by atoms with Gasteiger partial charge >= 0.3 is 0 Å². The van der Waals surface area contributed by atoms with Gasteiger partial charge in [0, 0.05) is 36.5 Å². The van der Waals surface area contributed by atoms with Crippen molar-refractivity contribution in [2.45, 2.75) is 58.2 Å². The predicted molar refractivity (Wildman–Crippen MR) is 127 cm³/mol. The number of nitrogens with one attached hydrogen (secondary N) is 1. The largest absolute Gasteiger partial charge is 0.360 e. The van der Waals surface area contributed by atoms with E-state index in [4.69, 9.17) is 0 Å². The molecule has 4 atom stereocenters. The fraction of sp³-hybridized carbons (Fsp3) is 0.357. The highest BCUT2D eigenvalue weighted by molar-refractivity contribution is 6.06. The SMILES string of the molecule is Cc1ccccc1-c1c(C)c2c(c3c1CNC3=O)C1C=CC=CC1N2C1CC(=O)[C@H](C)C1. The average Bonchev–Trinajstić information content (AvgIpc) is 3.43. The van der Waals surface area contributed by atoms with Crippen LogP contribution in [0.4, 0.5) is 5.69 Å². The maximum atomic E-state index is 13.2. The summed E-state index contributed by atoms with van der Waals surface area (Å²) in [6.45, 7) is 6.97. The van der Waals surface area contributed by atoms with Gasteiger partial charge in [0.25, 0.3) is 5.91 Å². The Morgan fingerprint density at radius 3 is 2.56 bits per heavy atom. The monoisotopic (exact) mass is 424 g/mol. The summed E-state index contributed by atoms with van der Waals surface area (Å²) in [6, 6.07) is 8.77. The zero-order chi connectivity index (χ0) is 22.1. The summed E-state index contributed by atoms with van der Waals surface area (Å²) >= 11 is 0. The van der Waals surface area contributed by atoms with Crippen molar-refractivity contribution in [1.82, 2.24) is 5.32 Å². The standard InChI is InChI=1S/C28H28N2O2/c1-15-8-4-5-9-19(15)24-17(3)27-25(26-21(24)14-29-28(26)32)20-10-6-7-11-22(20)30(27)18-12-16(2)23(31)13-18/h4-11,16,18,20,22H,12-14H2,1-3H3,(H,29,32)/t16-,18?,20?,22?/m1/s1. The van der Waals surface area contributed by atoms with Crippen LogP contribution in [0.2, 0.25) is 0 Å². The van der Waals surface area contributed by atoms with Crippen LogP contribution >= 0.6 is 0 Å². The zero-order valence-corrected chi connectivity index (χ0v) is 18.8. The van der Waals surface area contributed by atoms with E-state index in [1.807, 2.05) is 0 Å². The summed E-state index contributed by atoms with van der Waals surface area (Å²) in [4.78, 5) is 28.2. The summed E-state index contributed by atoms with van der Waals surface area (Å²) in [5.74, 6) is 0.624. The van der Waals surface area contributed by atoms with Crippen LogP contribution in [0.5, 0.6) is 0 Å². The molecule has 2 aliphatic carbocycles. The molecule has 1 saturated carbocycles. The smallest absolute Gasteiger partial charge is 0.252 e. The van der Waals surface area contributed by atoms with Crippen molar-refractivity contribution in [3.63, 3.8) is 0 Å². The molecular weight excluding hydrogens is 396 g/mol. The number of rotatable bonds is 2. The predicted octanol–water partition coefficient (Wildman–Crippen LogP) is 4.98. The van der Waals surface area contributed by atoms with Crippen LogP contribution in [0.3, 0.4) is 0 Å². The first-order valence-corrected chi connectivity index (χ1v) is 11.7. The minimum Gasteiger partial charge on any atom is -0.360 e. The lowest BCUT2D eigenvalue weighted by atomic mass is 9.82. The molecule has 3 unspecified atom stereocenters. The lowest BCUT2D eigenvalue weighted by Crippen LogP contribution is -2.40. The molecule has 4 nitrogen and oxygen atoms in total. The number of Topliss-reactive ketones (excluding diaryl/α,β-unsaturated/α-hetero) is 1. The molecule has 4 aliphatic rings. The molecule has 2 aliphatic heterocycles. The zero-order valence-electron chi connectivity index (χ0n) is 18.8. The Balaban J connectivity index is 1.66. The first-order chi connectivity index (χ1) is 15.5. The van der Waals surface area contributed by atoms with E-state index < -0.39 is 0 Å². The van der Waals surface area contributed by atoms with E-state index >= 15 is 0 Å². The van der Waals surface area contributed by atoms with Gasteiger partial charge in [-0.3, -0.25) is 9.59 Å². The second kappa shape index (κ2) is 6.93. The van der Waals surface area contributed by atoms with Crippen molar-refractivity contribution in [2.24, 2.45) is 5.92 Å². The second-order valence-electron chi connectivity index (χ2n) is 9.77. The number of amides is 1. The number of allylic oxidation sites excluding steroid dienone is 2. The van der Waals surface area contributed by atoms with Crippen LogP contribution in [0, 0.1) is 19.8 Å². The highest BCUT2D eigenvalue weighted by Crippen LogP contribution is 2.54. The Morgan fingerprint density at radius 1 is 1.03 bits per heavy atom. The quantitative estimate of drug-likeness (QED) is 0.740. The molecule has 0 radical (unpaired) electrons. The molecule has 1 N–H and O–H groups in total. The summed E-state index contributed by atoms with van der Waals surface area (Å²) < 4.78 is 0. The number of benzene rings is 2. The number of ketones is 1. The van der Waals surface area contributed by atoms with Gasteiger partial charge in [-0.15, -0.1) is 0 Å². The van der Waals surface area contributed by atoms with Gasteiger partial charge in [-0.05, 0) is 53.6 Å². The fourth-order valence-electron chi connectivity index (χ4n) is 6.49. The van der Waals surface area contributed by atoms with E-state index in [0.717, 1.165) is 23.1 Å². The molecule has 0 bridgehead atoms. The van der Waals surface area contributed by atoms with Crippen molar-refractivity contribution in [3.05, 3.63) is 76.4 Å². The van der Waals surface area contributed by atoms with Crippen LogP contribution in [-0.2, 0) is 11.3 Å². The summed E-state index contributed by atoms with van der Waals surface area (Å²) in [6.07, 6.45) is 10.2. The number of nitrogens with zero attached hydrogens (tertiary/aromatic N) is 1. The molecule has 2 heterocycles. The molecular formula is C28H28N2O2. The molecule has 2 aromatic carbocycles. The number of fused-ring (bicyclic) bond motifs is 5. The Morgan fingerprint density at radius 2 is 1.81 bits per heavy atom. The van der Waals surface area contributed by atoms with Gasteiger partial charge in [0.05, 0.1) is 11.6 Å². The molecule has 0 aromatic heterocycles. The van der Waals surface area contributed by atoms with Gasteiger partial charge < -0.3 is 10.2 Å². The third-order valence-corrected chi connectivity index (χ3v) is 7.95. The minimum absolute atomic E-state index is 0.0329. The Kier molecular flexibility index (Phi) is 4.23. The van der Waals surface area contributed by atoms with E-state index in [9.17, 15) is 9.59 Å². The number of anilines is 1. The molecule has 162 valence electrons. The average molecular weight is 425 g/mol. The van der Waals surface area contributed by atoms with Crippen molar-refractivity contribution >= 4 is 17.4 Å². The van der Waals surface area contributed by atoms with E-state index in [-0.39, 0.29) is 29.8 Å². The maximum Gasteiger partial charge on any atom is 0.252 e. The number of carbonyl (C=O) groups is 2. The van der Waals surface area contributed by atoms with Gasteiger partial charge in [-0.2, -0.15) is 0 Å². The first kappa shape index (κ1) is 19.5. The Labute approximate surface area is 189 Å². The topological polar surface area (TPSA) is 49.4 Å².